The minimum absolute atomic E-state index is 0.803. The van der Waals surface area contributed by atoms with Crippen molar-refractivity contribution < 1.29 is 0 Å². The second kappa shape index (κ2) is 3.24. The molecule has 0 fully saturated rings. The summed E-state index contributed by atoms with van der Waals surface area (Å²) < 4.78 is 0. The van der Waals surface area contributed by atoms with Gasteiger partial charge in [-0.3, -0.25) is 0 Å². The van der Waals surface area contributed by atoms with E-state index in [9.17, 15) is 0 Å². The molecule has 3 atom stereocenters. The van der Waals surface area contributed by atoms with E-state index in [0.717, 1.165) is 23.7 Å². The summed E-state index contributed by atoms with van der Waals surface area (Å²) in [6.07, 6.45) is 0. The number of hydrogen-bond donors (Lipinski definition) is 0. The minimum Gasteiger partial charge on any atom is -0.0710 e. The standard InChI is InChI=1S/C12H22/c1-7(2)12-10(5)8(3)9(4)11(12)6/h7-8,10,12H,1-6H3. The summed E-state index contributed by atoms with van der Waals surface area (Å²) in [7, 11) is 0. The highest BCUT2D eigenvalue weighted by Gasteiger charge is 2.34. The van der Waals surface area contributed by atoms with Crippen molar-refractivity contribution in [3.63, 3.8) is 0 Å². The zero-order valence-electron chi connectivity index (χ0n) is 9.31. The van der Waals surface area contributed by atoms with Gasteiger partial charge in [-0.2, -0.15) is 0 Å². The van der Waals surface area contributed by atoms with Crippen LogP contribution in [0.2, 0.25) is 0 Å². The normalized spacial score (nSPS) is 36.8. The first kappa shape index (κ1) is 9.83. The Bertz CT molecular complexity index is 198. The van der Waals surface area contributed by atoms with Crippen LogP contribution in [0.3, 0.4) is 0 Å². The van der Waals surface area contributed by atoms with Gasteiger partial charge in [0.05, 0.1) is 0 Å². The van der Waals surface area contributed by atoms with E-state index in [-0.39, 0.29) is 0 Å². The lowest BCUT2D eigenvalue weighted by Gasteiger charge is -2.24. The minimum atomic E-state index is 0.803. The first-order chi connectivity index (χ1) is 5.46. The van der Waals surface area contributed by atoms with Gasteiger partial charge >= 0.3 is 0 Å². The number of allylic oxidation sites excluding steroid dienone is 2. The third-order valence-corrected chi connectivity index (χ3v) is 3.88. The van der Waals surface area contributed by atoms with Crippen molar-refractivity contribution >= 4 is 0 Å². The monoisotopic (exact) mass is 166 g/mol. The van der Waals surface area contributed by atoms with Gasteiger partial charge < -0.3 is 0 Å². The molecule has 0 aromatic rings. The SMILES string of the molecule is CC1=C(C)C(C(C)C)C(C)C1C. The highest BCUT2D eigenvalue weighted by molar-refractivity contribution is 5.24. The molecule has 1 aliphatic carbocycles. The third-order valence-electron chi connectivity index (χ3n) is 3.88. The van der Waals surface area contributed by atoms with Gasteiger partial charge in [-0.05, 0) is 37.5 Å². The molecule has 0 heterocycles. The zero-order chi connectivity index (χ0) is 9.46. The summed E-state index contributed by atoms with van der Waals surface area (Å²) >= 11 is 0. The molecule has 12 heavy (non-hydrogen) atoms. The Balaban J connectivity index is 2.91. The number of hydrogen-bond acceptors (Lipinski definition) is 0. The predicted molar refractivity (Wildman–Crippen MR) is 55.0 cm³/mol. The van der Waals surface area contributed by atoms with Gasteiger partial charge in [0.2, 0.25) is 0 Å². The summed E-state index contributed by atoms with van der Waals surface area (Å²) in [5, 5.41) is 0. The van der Waals surface area contributed by atoms with Gasteiger partial charge in [0.25, 0.3) is 0 Å². The van der Waals surface area contributed by atoms with E-state index in [0.29, 0.717) is 0 Å². The molecule has 3 unspecified atom stereocenters. The molecule has 0 bridgehead atoms. The van der Waals surface area contributed by atoms with Crippen molar-refractivity contribution in [1.82, 2.24) is 0 Å². The van der Waals surface area contributed by atoms with E-state index >= 15 is 0 Å². The van der Waals surface area contributed by atoms with Crippen LogP contribution in [0, 0.1) is 23.7 Å². The van der Waals surface area contributed by atoms with Crippen LogP contribution in [-0.4, -0.2) is 0 Å². The molecular formula is C12H22. The fourth-order valence-electron chi connectivity index (χ4n) is 2.83. The molecule has 0 heteroatoms. The topological polar surface area (TPSA) is 0 Å². The van der Waals surface area contributed by atoms with Crippen LogP contribution in [0.5, 0.6) is 0 Å². The molecule has 0 spiro atoms. The Kier molecular flexibility index (Phi) is 2.65. The summed E-state index contributed by atoms with van der Waals surface area (Å²) in [6, 6.07) is 0. The lowest BCUT2D eigenvalue weighted by Crippen LogP contribution is -2.17. The molecular weight excluding hydrogens is 144 g/mol. The van der Waals surface area contributed by atoms with Gasteiger partial charge in [-0.25, -0.2) is 0 Å². The van der Waals surface area contributed by atoms with E-state index in [1.807, 2.05) is 0 Å². The van der Waals surface area contributed by atoms with E-state index in [2.05, 4.69) is 41.5 Å². The van der Waals surface area contributed by atoms with E-state index < -0.39 is 0 Å². The van der Waals surface area contributed by atoms with Crippen LogP contribution in [0.4, 0.5) is 0 Å². The fraction of sp³-hybridized carbons (Fsp3) is 0.833. The first-order valence-electron chi connectivity index (χ1n) is 5.14. The van der Waals surface area contributed by atoms with Gasteiger partial charge in [0.15, 0.2) is 0 Å². The average molecular weight is 166 g/mol. The first-order valence-corrected chi connectivity index (χ1v) is 5.14. The molecule has 0 aromatic carbocycles. The Morgan fingerprint density at radius 3 is 1.67 bits per heavy atom. The average Bonchev–Trinajstić information content (AvgIpc) is 2.16. The molecule has 0 amide bonds. The molecule has 0 N–H and O–H groups in total. The van der Waals surface area contributed by atoms with Crippen LogP contribution in [0.25, 0.3) is 0 Å². The number of rotatable bonds is 1. The van der Waals surface area contributed by atoms with E-state index in [4.69, 9.17) is 0 Å². The Hall–Kier alpha value is -0.260. The van der Waals surface area contributed by atoms with Crippen molar-refractivity contribution in [1.29, 1.82) is 0 Å². The summed E-state index contributed by atoms with van der Waals surface area (Å²) in [4.78, 5) is 0. The van der Waals surface area contributed by atoms with Crippen LogP contribution in [0.15, 0.2) is 11.1 Å². The molecule has 0 nitrogen and oxygen atoms in total. The van der Waals surface area contributed by atoms with Crippen LogP contribution < -0.4 is 0 Å². The van der Waals surface area contributed by atoms with Gasteiger partial charge in [0.1, 0.15) is 0 Å². The molecule has 0 aliphatic heterocycles. The molecule has 1 aliphatic rings. The van der Waals surface area contributed by atoms with Crippen LogP contribution >= 0.6 is 0 Å². The second-order valence-corrected chi connectivity index (χ2v) is 4.78. The molecule has 0 aromatic heterocycles. The predicted octanol–water partition coefficient (Wildman–Crippen LogP) is 3.88. The molecule has 0 radical (unpaired) electrons. The maximum Gasteiger partial charge on any atom is -0.0149 e. The fourth-order valence-corrected chi connectivity index (χ4v) is 2.83. The van der Waals surface area contributed by atoms with Gasteiger partial charge in [0, 0.05) is 0 Å². The Labute approximate surface area is 77.1 Å². The highest BCUT2D eigenvalue weighted by atomic mass is 14.4. The highest BCUT2D eigenvalue weighted by Crippen LogP contribution is 2.44. The maximum absolute atomic E-state index is 2.40. The van der Waals surface area contributed by atoms with Gasteiger partial charge in [-0.1, -0.05) is 38.8 Å². The molecule has 70 valence electrons. The summed E-state index contributed by atoms with van der Waals surface area (Å²) in [5.41, 5.74) is 3.30. The van der Waals surface area contributed by atoms with Crippen molar-refractivity contribution in [3.8, 4) is 0 Å². The van der Waals surface area contributed by atoms with Crippen molar-refractivity contribution in [2.75, 3.05) is 0 Å². The zero-order valence-corrected chi connectivity index (χ0v) is 9.31. The quantitative estimate of drug-likeness (QED) is 0.519. The molecule has 1 rings (SSSR count). The van der Waals surface area contributed by atoms with Crippen LogP contribution in [-0.2, 0) is 0 Å². The van der Waals surface area contributed by atoms with E-state index in [1.165, 1.54) is 0 Å². The van der Waals surface area contributed by atoms with Crippen LogP contribution in [0.1, 0.15) is 41.5 Å². The summed E-state index contributed by atoms with van der Waals surface area (Å²) in [6.45, 7) is 14.1. The second-order valence-electron chi connectivity index (χ2n) is 4.78. The maximum atomic E-state index is 2.40. The Morgan fingerprint density at radius 1 is 1.00 bits per heavy atom. The van der Waals surface area contributed by atoms with Crippen molar-refractivity contribution in [2.45, 2.75) is 41.5 Å². The third kappa shape index (κ3) is 1.32. The van der Waals surface area contributed by atoms with Crippen molar-refractivity contribution in [2.24, 2.45) is 23.7 Å². The lowest BCUT2D eigenvalue weighted by molar-refractivity contribution is 0.296. The summed E-state index contributed by atoms with van der Waals surface area (Å²) in [5.74, 6) is 3.29. The van der Waals surface area contributed by atoms with E-state index in [1.54, 1.807) is 11.1 Å². The Morgan fingerprint density at radius 2 is 1.50 bits per heavy atom. The smallest absolute Gasteiger partial charge is 0.0149 e. The van der Waals surface area contributed by atoms with Gasteiger partial charge in [-0.15, -0.1) is 0 Å². The lowest BCUT2D eigenvalue weighted by atomic mass is 9.81. The molecule has 0 saturated heterocycles. The largest absolute Gasteiger partial charge is 0.0710 e. The van der Waals surface area contributed by atoms with Crippen molar-refractivity contribution in [3.05, 3.63) is 11.1 Å². The molecule has 0 saturated carbocycles.